The van der Waals surface area contributed by atoms with Crippen LogP contribution >= 0.6 is 23.1 Å². The number of rotatable bonds is 8. The first-order chi connectivity index (χ1) is 15.1. The Bertz CT molecular complexity index is 1210. The van der Waals surface area contributed by atoms with Crippen LogP contribution in [0.3, 0.4) is 0 Å². The molecular weight excluding hydrogens is 432 g/mol. The van der Waals surface area contributed by atoms with Gasteiger partial charge in [0, 0.05) is 16.1 Å². The lowest BCUT2D eigenvalue weighted by Crippen LogP contribution is -2.24. The summed E-state index contributed by atoms with van der Waals surface area (Å²) in [6, 6.07) is 11.6. The van der Waals surface area contributed by atoms with Crippen LogP contribution in [-0.4, -0.2) is 40.5 Å². The average Bonchev–Trinajstić information content (AvgIpc) is 3.45. The third-order valence-corrected chi connectivity index (χ3v) is 6.52. The number of amides is 1. The van der Waals surface area contributed by atoms with Gasteiger partial charge in [0.2, 0.25) is 5.91 Å². The van der Waals surface area contributed by atoms with Gasteiger partial charge in [-0.25, -0.2) is 9.50 Å². The van der Waals surface area contributed by atoms with Crippen LogP contribution in [-0.2, 0) is 11.3 Å². The van der Waals surface area contributed by atoms with E-state index < -0.39 is 0 Å². The molecule has 0 saturated carbocycles. The number of benzene rings is 1. The van der Waals surface area contributed by atoms with Gasteiger partial charge in [-0.15, -0.1) is 11.3 Å². The lowest BCUT2D eigenvalue weighted by atomic mass is 10.1. The second-order valence-electron chi connectivity index (χ2n) is 6.74. The maximum Gasteiger partial charge on any atom is 0.230 e. The SMILES string of the molecule is COc1ccc(-c2cnn3c(SCC(=O)NCc4cccs4)cc(C)nc23)cc1OC. The van der Waals surface area contributed by atoms with E-state index in [1.54, 1.807) is 36.3 Å². The summed E-state index contributed by atoms with van der Waals surface area (Å²) in [6.45, 7) is 2.49. The number of nitrogens with zero attached hydrogens (tertiary/aromatic N) is 3. The second kappa shape index (κ2) is 9.40. The molecular formula is C22H22N4O3S2. The third kappa shape index (κ3) is 4.67. The predicted octanol–water partition coefficient (Wildman–Crippen LogP) is 4.19. The first kappa shape index (κ1) is 21.2. The largest absolute Gasteiger partial charge is 0.493 e. The number of carbonyl (C=O) groups is 1. The van der Waals surface area contributed by atoms with Gasteiger partial charge < -0.3 is 14.8 Å². The maximum absolute atomic E-state index is 12.3. The van der Waals surface area contributed by atoms with Crippen LogP contribution in [0.25, 0.3) is 16.8 Å². The molecule has 9 heteroatoms. The Morgan fingerprint density at radius 3 is 2.77 bits per heavy atom. The molecule has 0 aliphatic rings. The highest BCUT2D eigenvalue weighted by atomic mass is 32.2. The number of aryl methyl sites for hydroxylation is 1. The molecule has 0 saturated heterocycles. The van der Waals surface area contributed by atoms with Gasteiger partial charge in [-0.3, -0.25) is 4.79 Å². The minimum atomic E-state index is -0.0201. The fraction of sp³-hybridized carbons (Fsp3) is 0.227. The molecule has 0 aliphatic heterocycles. The van der Waals surface area contributed by atoms with E-state index in [-0.39, 0.29) is 5.91 Å². The van der Waals surface area contributed by atoms with Crippen LogP contribution < -0.4 is 14.8 Å². The summed E-state index contributed by atoms with van der Waals surface area (Å²) >= 11 is 3.07. The molecule has 0 unspecified atom stereocenters. The Morgan fingerprint density at radius 1 is 1.19 bits per heavy atom. The summed E-state index contributed by atoms with van der Waals surface area (Å²) in [6.07, 6.45) is 1.78. The van der Waals surface area contributed by atoms with E-state index in [1.165, 1.54) is 11.8 Å². The quantitative estimate of drug-likeness (QED) is 0.318. The average molecular weight is 455 g/mol. The minimum absolute atomic E-state index is 0.0201. The molecule has 0 aliphatic carbocycles. The standard InChI is InChI=1S/C22H22N4O3S2/c1-14-9-21(31-13-20(27)23-11-16-5-4-8-30-16)26-22(25-14)17(12-24-26)15-6-7-18(28-2)19(10-15)29-3/h4-10,12H,11,13H2,1-3H3,(H,23,27). The van der Waals surface area contributed by atoms with E-state index in [0.717, 1.165) is 32.4 Å². The van der Waals surface area contributed by atoms with Crippen molar-refractivity contribution in [1.29, 1.82) is 0 Å². The number of carbonyl (C=O) groups excluding carboxylic acids is 1. The van der Waals surface area contributed by atoms with Gasteiger partial charge in [-0.2, -0.15) is 5.10 Å². The van der Waals surface area contributed by atoms with Crippen LogP contribution in [0.15, 0.2) is 53.0 Å². The molecule has 1 amide bonds. The first-order valence-electron chi connectivity index (χ1n) is 9.58. The molecule has 1 N–H and O–H groups in total. The van der Waals surface area contributed by atoms with Crippen molar-refractivity contribution in [3.8, 4) is 22.6 Å². The monoisotopic (exact) mass is 454 g/mol. The Balaban J connectivity index is 1.56. The lowest BCUT2D eigenvalue weighted by Gasteiger charge is -2.10. The molecule has 4 aromatic rings. The fourth-order valence-corrected chi connectivity index (χ4v) is 4.68. The molecule has 3 aromatic heterocycles. The molecule has 1 aromatic carbocycles. The molecule has 160 valence electrons. The zero-order valence-electron chi connectivity index (χ0n) is 17.4. The third-order valence-electron chi connectivity index (χ3n) is 4.65. The molecule has 7 nitrogen and oxygen atoms in total. The van der Waals surface area contributed by atoms with Crippen molar-refractivity contribution in [3.63, 3.8) is 0 Å². The number of methoxy groups -OCH3 is 2. The van der Waals surface area contributed by atoms with Crippen LogP contribution in [0.2, 0.25) is 0 Å². The van der Waals surface area contributed by atoms with Crippen LogP contribution in [0.4, 0.5) is 0 Å². The topological polar surface area (TPSA) is 77.8 Å². The number of hydrogen-bond donors (Lipinski definition) is 1. The van der Waals surface area contributed by atoms with Crippen molar-refractivity contribution in [2.75, 3.05) is 20.0 Å². The van der Waals surface area contributed by atoms with Crippen molar-refractivity contribution in [3.05, 3.63) is 58.5 Å². The molecule has 0 bridgehead atoms. The molecule has 0 spiro atoms. The summed E-state index contributed by atoms with van der Waals surface area (Å²) in [4.78, 5) is 18.1. The summed E-state index contributed by atoms with van der Waals surface area (Å²) in [5.41, 5.74) is 3.40. The number of ether oxygens (including phenoxy) is 2. The predicted molar refractivity (Wildman–Crippen MR) is 123 cm³/mol. The molecule has 0 fully saturated rings. The van der Waals surface area contributed by atoms with Gasteiger partial charge in [-0.05, 0) is 42.1 Å². The second-order valence-corrected chi connectivity index (χ2v) is 8.77. The smallest absolute Gasteiger partial charge is 0.230 e. The van der Waals surface area contributed by atoms with E-state index in [0.29, 0.717) is 23.8 Å². The molecule has 0 atom stereocenters. The molecule has 4 rings (SSSR count). The molecule has 31 heavy (non-hydrogen) atoms. The number of nitrogens with one attached hydrogen (secondary N) is 1. The zero-order chi connectivity index (χ0) is 21.8. The fourth-order valence-electron chi connectivity index (χ4n) is 3.15. The number of aromatic nitrogens is 3. The summed E-state index contributed by atoms with van der Waals surface area (Å²) in [7, 11) is 3.22. The Kier molecular flexibility index (Phi) is 6.43. The highest BCUT2D eigenvalue weighted by Gasteiger charge is 2.15. The van der Waals surface area contributed by atoms with Gasteiger partial charge in [0.05, 0.1) is 32.7 Å². The summed E-state index contributed by atoms with van der Waals surface area (Å²) in [5.74, 6) is 1.59. The summed E-state index contributed by atoms with van der Waals surface area (Å²) in [5, 5.41) is 10.3. The van der Waals surface area contributed by atoms with Gasteiger partial charge >= 0.3 is 0 Å². The molecule has 0 radical (unpaired) electrons. The molecule has 3 heterocycles. The normalized spacial score (nSPS) is 10.9. The van der Waals surface area contributed by atoms with Gasteiger partial charge in [0.1, 0.15) is 5.03 Å². The van der Waals surface area contributed by atoms with E-state index in [9.17, 15) is 4.79 Å². The number of fused-ring (bicyclic) bond motifs is 1. The van der Waals surface area contributed by atoms with E-state index in [2.05, 4.69) is 15.4 Å². The minimum Gasteiger partial charge on any atom is -0.493 e. The van der Waals surface area contributed by atoms with Crippen molar-refractivity contribution < 1.29 is 14.3 Å². The first-order valence-corrected chi connectivity index (χ1v) is 11.4. The Morgan fingerprint density at radius 2 is 2.03 bits per heavy atom. The number of hydrogen-bond acceptors (Lipinski definition) is 7. The van der Waals surface area contributed by atoms with E-state index in [4.69, 9.17) is 9.47 Å². The lowest BCUT2D eigenvalue weighted by molar-refractivity contribution is -0.118. The Hall–Kier alpha value is -3.04. The van der Waals surface area contributed by atoms with E-state index >= 15 is 0 Å². The van der Waals surface area contributed by atoms with Gasteiger partial charge in [-0.1, -0.05) is 23.9 Å². The van der Waals surface area contributed by atoms with Crippen LogP contribution in [0.5, 0.6) is 11.5 Å². The van der Waals surface area contributed by atoms with Crippen LogP contribution in [0.1, 0.15) is 10.6 Å². The van der Waals surface area contributed by atoms with Gasteiger partial charge in [0.15, 0.2) is 17.1 Å². The number of thioether (sulfide) groups is 1. The van der Waals surface area contributed by atoms with E-state index in [1.807, 2.05) is 48.7 Å². The van der Waals surface area contributed by atoms with Crippen molar-refractivity contribution in [2.45, 2.75) is 18.5 Å². The van der Waals surface area contributed by atoms with Crippen LogP contribution in [0, 0.1) is 6.92 Å². The van der Waals surface area contributed by atoms with Gasteiger partial charge in [0.25, 0.3) is 0 Å². The summed E-state index contributed by atoms with van der Waals surface area (Å²) < 4.78 is 12.5. The van der Waals surface area contributed by atoms with Crippen molar-refractivity contribution in [2.24, 2.45) is 0 Å². The van der Waals surface area contributed by atoms with Crippen molar-refractivity contribution in [1.82, 2.24) is 19.9 Å². The zero-order valence-corrected chi connectivity index (χ0v) is 19.0. The van der Waals surface area contributed by atoms with Crippen molar-refractivity contribution >= 4 is 34.7 Å². The number of thiophene rings is 1. The Labute approximate surface area is 188 Å². The highest BCUT2D eigenvalue weighted by molar-refractivity contribution is 7.99. The maximum atomic E-state index is 12.3. The highest BCUT2D eigenvalue weighted by Crippen LogP contribution is 2.34.